The van der Waals surface area contributed by atoms with Gasteiger partial charge in [0.25, 0.3) is 0 Å². The van der Waals surface area contributed by atoms with Gasteiger partial charge in [-0.15, -0.1) is 0 Å². The van der Waals surface area contributed by atoms with E-state index in [1.165, 1.54) is 6.07 Å². The van der Waals surface area contributed by atoms with E-state index in [-0.39, 0.29) is 23.0 Å². The molecular formula is C17H14ClFN2O2. The highest BCUT2D eigenvalue weighted by atomic mass is 35.5. The van der Waals surface area contributed by atoms with Gasteiger partial charge in [0, 0.05) is 11.1 Å². The van der Waals surface area contributed by atoms with Gasteiger partial charge in [-0.3, -0.25) is 0 Å². The van der Waals surface area contributed by atoms with Gasteiger partial charge >= 0.3 is 5.97 Å². The Hall–Kier alpha value is -2.53. The Labute approximate surface area is 137 Å². The van der Waals surface area contributed by atoms with E-state index >= 15 is 0 Å². The smallest absolute Gasteiger partial charge is 0.357 e. The maximum absolute atomic E-state index is 13.8. The zero-order valence-electron chi connectivity index (χ0n) is 12.3. The van der Waals surface area contributed by atoms with Crippen molar-refractivity contribution < 1.29 is 13.9 Å². The molecule has 0 amide bonds. The first-order valence-electron chi connectivity index (χ1n) is 7.06. The lowest BCUT2D eigenvalue weighted by atomic mass is 10.2. The number of carbonyl (C=O) groups excluding carboxylic acids is 1. The summed E-state index contributed by atoms with van der Waals surface area (Å²) in [6.45, 7) is 1.91. The van der Waals surface area contributed by atoms with Gasteiger partial charge in [-0.2, -0.15) is 0 Å². The van der Waals surface area contributed by atoms with Crippen LogP contribution in [0.3, 0.4) is 0 Å². The van der Waals surface area contributed by atoms with E-state index < -0.39 is 11.8 Å². The molecule has 2 aromatic carbocycles. The maximum Gasteiger partial charge on any atom is 0.357 e. The maximum atomic E-state index is 13.8. The van der Waals surface area contributed by atoms with Crippen LogP contribution in [0.4, 0.5) is 10.1 Å². The van der Waals surface area contributed by atoms with Gasteiger partial charge in [-0.05, 0) is 31.2 Å². The SMILES string of the molecule is CCOC(=O)c1c(N)c2c(Cl)c(F)ccc2n1-c1ccccc1. The molecule has 118 valence electrons. The molecule has 1 aromatic heterocycles. The van der Waals surface area contributed by atoms with E-state index in [1.54, 1.807) is 17.6 Å². The molecule has 0 aliphatic heterocycles. The van der Waals surface area contributed by atoms with Gasteiger partial charge < -0.3 is 15.0 Å². The van der Waals surface area contributed by atoms with Crippen LogP contribution in [0.15, 0.2) is 42.5 Å². The molecule has 0 bridgehead atoms. The van der Waals surface area contributed by atoms with Crippen molar-refractivity contribution in [1.29, 1.82) is 0 Å². The minimum atomic E-state index is -0.591. The molecule has 3 rings (SSSR count). The summed E-state index contributed by atoms with van der Waals surface area (Å²) < 4.78 is 20.5. The number of hydrogen-bond acceptors (Lipinski definition) is 3. The number of hydrogen-bond donors (Lipinski definition) is 1. The molecule has 0 fully saturated rings. The van der Waals surface area contributed by atoms with Crippen LogP contribution in [0.1, 0.15) is 17.4 Å². The van der Waals surface area contributed by atoms with E-state index in [0.29, 0.717) is 16.6 Å². The summed E-state index contributed by atoms with van der Waals surface area (Å²) in [5.41, 5.74) is 7.60. The van der Waals surface area contributed by atoms with E-state index in [1.807, 2.05) is 30.3 Å². The zero-order chi connectivity index (χ0) is 16.6. The second-order valence-electron chi connectivity index (χ2n) is 4.91. The van der Waals surface area contributed by atoms with Gasteiger partial charge in [0.15, 0.2) is 5.69 Å². The van der Waals surface area contributed by atoms with Crippen molar-refractivity contribution in [1.82, 2.24) is 4.57 Å². The number of nitrogens with zero attached hydrogens (tertiary/aromatic N) is 1. The first-order valence-corrected chi connectivity index (χ1v) is 7.44. The van der Waals surface area contributed by atoms with E-state index in [4.69, 9.17) is 22.1 Å². The van der Waals surface area contributed by atoms with Crippen LogP contribution in [-0.4, -0.2) is 17.1 Å². The highest BCUT2D eigenvalue weighted by molar-refractivity contribution is 6.37. The molecule has 1 heterocycles. The molecule has 0 unspecified atom stereocenters. The lowest BCUT2D eigenvalue weighted by molar-refractivity contribution is 0.0519. The third kappa shape index (κ3) is 2.43. The summed E-state index contributed by atoms with van der Waals surface area (Å²) in [5, 5.41) is 0.193. The Morgan fingerprint density at radius 2 is 1.96 bits per heavy atom. The monoisotopic (exact) mass is 332 g/mol. The molecule has 0 aliphatic carbocycles. The minimum absolute atomic E-state index is 0.104. The highest BCUT2D eigenvalue weighted by Gasteiger charge is 2.25. The molecule has 0 saturated heterocycles. The van der Waals surface area contributed by atoms with E-state index in [2.05, 4.69) is 0 Å². The number of rotatable bonds is 3. The summed E-state index contributed by atoms with van der Waals surface area (Å²) in [4.78, 5) is 12.4. The molecule has 6 heteroatoms. The molecular weight excluding hydrogens is 319 g/mol. The molecule has 0 radical (unpaired) electrons. The quantitative estimate of drug-likeness (QED) is 0.732. The molecule has 0 atom stereocenters. The number of anilines is 1. The van der Waals surface area contributed by atoms with Crippen LogP contribution < -0.4 is 5.73 Å². The Morgan fingerprint density at radius 3 is 2.61 bits per heavy atom. The average molecular weight is 333 g/mol. The number of aromatic nitrogens is 1. The fraction of sp³-hybridized carbons (Fsp3) is 0.118. The summed E-state index contributed by atoms with van der Waals surface area (Å²) in [5.74, 6) is -1.17. The normalized spacial score (nSPS) is 10.9. The fourth-order valence-corrected chi connectivity index (χ4v) is 2.85. The van der Waals surface area contributed by atoms with Crippen LogP contribution in [0.2, 0.25) is 5.02 Å². The summed E-state index contributed by atoms with van der Waals surface area (Å²) in [7, 11) is 0. The number of carbonyl (C=O) groups is 1. The molecule has 4 nitrogen and oxygen atoms in total. The predicted octanol–water partition coefficient (Wildman–Crippen LogP) is 4.18. The van der Waals surface area contributed by atoms with Crippen molar-refractivity contribution in [3.05, 3.63) is 59.0 Å². The van der Waals surface area contributed by atoms with Crippen molar-refractivity contribution in [2.24, 2.45) is 0 Å². The average Bonchev–Trinajstić information content (AvgIpc) is 2.85. The van der Waals surface area contributed by atoms with Crippen molar-refractivity contribution in [2.45, 2.75) is 6.92 Å². The molecule has 2 N–H and O–H groups in total. The third-order valence-electron chi connectivity index (χ3n) is 3.54. The topological polar surface area (TPSA) is 57.2 Å². The van der Waals surface area contributed by atoms with Gasteiger partial charge in [0.1, 0.15) is 5.82 Å². The Bertz CT molecular complexity index is 891. The van der Waals surface area contributed by atoms with Crippen molar-refractivity contribution >= 4 is 34.2 Å². The third-order valence-corrected chi connectivity index (χ3v) is 3.91. The standard InChI is InChI=1S/C17H14ClFN2O2/c1-2-23-17(22)16-15(20)13-12(9-8-11(19)14(13)18)21(16)10-6-4-3-5-7-10/h3-9H,2,20H2,1H3. The van der Waals surface area contributed by atoms with E-state index in [0.717, 1.165) is 0 Å². The Balaban J connectivity index is 2.42. The lowest BCUT2D eigenvalue weighted by Crippen LogP contribution is -2.13. The van der Waals surface area contributed by atoms with Crippen LogP contribution in [0.5, 0.6) is 0 Å². The van der Waals surface area contributed by atoms with Crippen LogP contribution >= 0.6 is 11.6 Å². The van der Waals surface area contributed by atoms with Crippen LogP contribution in [-0.2, 0) is 4.74 Å². The van der Waals surface area contributed by atoms with Gasteiger partial charge in [0.2, 0.25) is 0 Å². The predicted molar refractivity (Wildman–Crippen MR) is 88.6 cm³/mol. The summed E-state index contributed by atoms with van der Waals surface area (Å²) >= 11 is 6.07. The minimum Gasteiger partial charge on any atom is -0.461 e. The second kappa shape index (κ2) is 5.93. The first kappa shape index (κ1) is 15.4. The molecule has 23 heavy (non-hydrogen) atoms. The molecule has 0 spiro atoms. The van der Waals surface area contributed by atoms with Crippen LogP contribution in [0.25, 0.3) is 16.6 Å². The molecule has 0 aliphatic rings. The number of nitrogens with two attached hydrogens (primary N) is 1. The fourth-order valence-electron chi connectivity index (χ4n) is 2.59. The van der Waals surface area contributed by atoms with Gasteiger partial charge in [-0.25, -0.2) is 9.18 Å². The number of benzene rings is 2. The first-order chi connectivity index (χ1) is 11.1. The summed E-state index contributed by atoms with van der Waals surface area (Å²) in [6, 6.07) is 11.9. The number of fused-ring (bicyclic) bond motifs is 1. The van der Waals surface area contributed by atoms with Crippen molar-refractivity contribution in [2.75, 3.05) is 12.3 Å². The Kier molecular flexibility index (Phi) is 3.96. The number of nitrogen functional groups attached to an aromatic ring is 1. The van der Waals surface area contributed by atoms with Gasteiger partial charge in [0.05, 0.1) is 22.8 Å². The number of halogens is 2. The van der Waals surface area contributed by atoms with Crippen molar-refractivity contribution in [3.8, 4) is 5.69 Å². The molecule has 3 aromatic rings. The van der Waals surface area contributed by atoms with E-state index in [9.17, 15) is 9.18 Å². The molecule has 0 saturated carbocycles. The number of ether oxygens (including phenoxy) is 1. The Morgan fingerprint density at radius 1 is 1.26 bits per heavy atom. The number of esters is 1. The highest BCUT2D eigenvalue weighted by Crippen LogP contribution is 2.37. The number of para-hydroxylation sites is 1. The van der Waals surface area contributed by atoms with Gasteiger partial charge in [-0.1, -0.05) is 29.8 Å². The van der Waals surface area contributed by atoms with Crippen molar-refractivity contribution in [3.63, 3.8) is 0 Å². The second-order valence-corrected chi connectivity index (χ2v) is 5.29. The lowest BCUT2D eigenvalue weighted by Gasteiger charge is -2.10. The largest absolute Gasteiger partial charge is 0.461 e. The summed E-state index contributed by atoms with van der Waals surface area (Å²) in [6.07, 6.45) is 0. The zero-order valence-corrected chi connectivity index (χ0v) is 13.1. The van der Waals surface area contributed by atoms with Crippen LogP contribution in [0, 0.1) is 5.82 Å².